The Kier molecular flexibility index (Phi) is 5.43. The molecule has 0 amide bonds. The molecule has 5 heterocycles. The van der Waals surface area contributed by atoms with Crippen molar-refractivity contribution in [2.24, 2.45) is 5.92 Å². The molecule has 0 unspecified atom stereocenters. The van der Waals surface area contributed by atoms with Crippen molar-refractivity contribution in [2.75, 3.05) is 37.6 Å². The van der Waals surface area contributed by atoms with Crippen LogP contribution in [0.25, 0.3) is 0 Å². The van der Waals surface area contributed by atoms with Crippen LogP contribution in [-0.2, 0) is 6.42 Å². The standard InChI is InChI=1S/C25H28FN3O2/c26-21-15-29(16-23(21)30)24-7-6-19(22(27-24)14-18-4-2-1-3-5-18)8-11-25(31)17-28-12-9-20(25)10-13-28/h1-7,20-21,23,30-31H,9-10,12-17H2/t21-,23+,25-/m1/s1. The number of aliphatic hydroxyl groups is 2. The zero-order valence-corrected chi connectivity index (χ0v) is 17.5. The number of alkyl halides is 1. The number of aliphatic hydroxyl groups excluding tert-OH is 1. The molecule has 2 N–H and O–H groups in total. The van der Waals surface area contributed by atoms with E-state index in [0.717, 1.165) is 42.8 Å². The van der Waals surface area contributed by atoms with Gasteiger partial charge in [0.05, 0.1) is 12.2 Å². The number of fused-ring (bicyclic) bond motifs is 3. The minimum Gasteiger partial charge on any atom is -0.388 e. The first-order valence-corrected chi connectivity index (χ1v) is 11.1. The summed E-state index contributed by atoms with van der Waals surface area (Å²) in [5.41, 5.74) is 1.73. The predicted octanol–water partition coefficient (Wildman–Crippen LogP) is 2.00. The average Bonchev–Trinajstić information content (AvgIpc) is 3.12. The number of benzene rings is 1. The summed E-state index contributed by atoms with van der Waals surface area (Å²) in [7, 11) is 0. The summed E-state index contributed by atoms with van der Waals surface area (Å²) >= 11 is 0. The summed E-state index contributed by atoms with van der Waals surface area (Å²) in [6, 6.07) is 13.8. The molecule has 2 aromatic rings. The lowest BCUT2D eigenvalue weighted by atomic mass is 9.75. The highest BCUT2D eigenvalue weighted by Gasteiger charge is 2.44. The maximum Gasteiger partial charge on any atom is 0.145 e. The Morgan fingerprint density at radius 3 is 2.52 bits per heavy atom. The lowest BCUT2D eigenvalue weighted by Gasteiger charge is -2.47. The fourth-order valence-corrected chi connectivity index (χ4v) is 4.99. The van der Waals surface area contributed by atoms with Crippen LogP contribution >= 0.6 is 0 Å². The van der Waals surface area contributed by atoms with Gasteiger partial charge in [0.2, 0.25) is 0 Å². The minimum atomic E-state index is -1.26. The summed E-state index contributed by atoms with van der Waals surface area (Å²) in [6.07, 6.45) is 0.332. The first kappa shape index (κ1) is 20.4. The third-order valence-corrected chi connectivity index (χ3v) is 6.86. The summed E-state index contributed by atoms with van der Waals surface area (Å²) in [5, 5.41) is 21.0. The molecule has 0 aliphatic carbocycles. The van der Waals surface area contributed by atoms with Gasteiger partial charge in [-0.15, -0.1) is 0 Å². The number of nitrogens with zero attached hydrogens (tertiary/aromatic N) is 3. The summed E-state index contributed by atoms with van der Waals surface area (Å²) in [5.74, 6) is 7.29. The van der Waals surface area contributed by atoms with E-state index in [0.29, 0.717) is 18.8 Å². The number of hydrogen-bond donors (Lipinski definition) is 2. The van der Waals surface area contributed by atoms with E-state index < -0.39 is 17.9 Å². The van der Waals surface area contributed by atoms with Gasteiger partial charge in [-0.2, -0.15) is 0 Å². The van der Waals surface area contributed by atoms with Crippen LogP contribution in [0, 0.1) is 17.8 Å². The Morgan fingerprint density at radius 1 is 1.10 bits per heavy atom. The largest absolute Gasteiger partial charge is 0.388 e. The van der Waals surface area contributed by atoms with Gasteiger partial charge in [-0.1, -0.05) is 42.2 Å². The van der Waals surface area contributed by atoms with Crippen LogP contribution in [0.5, 0.6) is 0 Å². The van der Waals surface area contributed by atoms with Gasteiger partial charge in [-0.25, -0.2) is 9.37 Å². The van der Waals surface area contributed by atoms with Crippen molar-refractivity contribution in [3.8, 4) is 11.8 Å². The van der Waals surface area contributed by atoms with E-state index in [1.54, 1.807) is 4.90 Å². The summed E-state index contributed by atoms with van der Waals surface area (Å²) in [4.78, 5) is 8.87. The number of hydrogen-bond acceptors (Lipinski definition) is 5. The number of anilines is 1. The van der Waals surface area contributed by atoms with Crippen molar-refractivity contribution < 1.29 is 14.6 Å². The third-order valence-electron chi connectivity index (χ3n) is 6.86. The minimum absolute atomic E-state index is 0.140. The molecular weight excluding hydrogens is 393 g/mol. The van der Waals surface area contributed by atoms with Gasteiger partial charge in [0.15, 0.2) is 0 Å². The highest BCUT2D eigenvalue weighted by atomic mass is 19.1. The van der Waals surface area contributed by atoms with Gasteiger partial charge >= 0.3 is 0 Å². The number of halogens is 1. The lowest BCUT2D eigenvalue weighted by molar-refractivity contribution is -0.0713. The van der Waals surface area contributed by atoms with Crippen LogP contribution in [0.2, 0.25) is 0 Å². The maximum atomic E-state index is 13.8. The fourth-order valence-electron chi connectivity index (χ4n) is 4.99. The number of β-amino-alcohol motifs (C(OH)–C–C–N with tert-alkyl or cyclic N) is 1. The molecule has 4 aliphatic heterocycles. The second-order valence-electron chi connectivity index (χ2n) is 9.04. The van der Waals surface area contributed by atoms with E-state index in [-0.39, 0.29) is 19.0 Å². The second-order valence-corrected chi connectivity index (χ2v) is 9.04. The summed E-state index contributed by atoms with van der Waals surface area (Å²) in [6.45, 7) is 3.07. The van der Waals surface area contributed by atoms with Crippen LogP contribution in [0.3, 0.4) is 0 Å². The van der Waals surface area contributed by atoms with E-state index in [1.165, 1.54) is 0 Å². The Labute approximate surface area is 182 Å². The van der Waals surface area contributed by atoms with E-state index in [2.05, 4.69) is 16.7 Å². The smallest absolute Gasteiger partial charge is 0.145 e. The molecule has 31 heavy (non-hydrogen) atoms. The Hall–Kier alpha value is -2.46. The molecule has 4 aliphatic rings. The molecule has 1 aromatic heterocycles. The topological polar surface area (TPSA) is 59.8 Å². The molecule has 0 saturated carbocycles. The molecule has 6 rings (SSSR count). The monoisotopic (exact) mass is 421 g/mol. The first-order valence-electron chi connectivity index (χ1n) is 11.1. The highest BCUT2D eigenvalue weighted by molar-refractivity contribution is 5.50. The molecule has 2 bridgehead atoms. The van der Waals surface area contributed by atoms with Crippen LogP contribution in [0.1, 0.15) is 29.7 Å². The molecule has 0 spiro atoms. The SMILES string of the molecule is O[C@H]1CN(c2ccc(C#C[C@@]3(O)CN4CCC3CC4)c(Cc3ccccc3)n2)C[C@H]1F. The number of rotatable bonds is 3. The Balaban J connectivity index is 1.46. The fraction of sp³-hybridized carbons (Fsp3) is 0.480. The highest BCUT2D eigenvalue weighted by Crippen LogP contribution is 2.35. The molecule has 4 saturated heterocycles. The van der Waals surface area contributed by atoms with Crippen LogP contribution in [0.15, 0.2) is 42.5 Å². The molecule has 4 fully saturated rings. The van der Waals surface area contributed by atoms with E-state index in [9.17, 15) is 14.6 Å². The molecule has 6 heteroatoms. The molecular formula is C25H28FN3O2. The number of piperidine rings is 3. The zero-order chi connectivity index (χ0) is 21.4. The van der Waals surface area contributed by atoms with Crippen LogP contribution in [-0.4, -0.2) is 70.7 Å². The van der Waals surface area contributed by atoms with Gasteiger partial charge in [-0.3, -0.25) is 4.90 Å². The van der Waals surface area contributed by atoms with Crippen molar-refractivity contribution in [2.45, 2.75) is 37.1 Å². The normalized spacial score (nSPS) is 32.0. The molecule has 162 valence electrons. The van der Waals surface area contributed by atoms with E-state index in [4.69, 9.17) is 4.98 Å². The van der Waals surface area contributed by atoms with Gasteiger partial charge in [0.25, 0.3) is 0 Å². The zero-order valence-electron chi connectivity index (χ0n) is 17.5. The number of pyridine rings is 1. The molecule has 5 nitrogen and oxygen atoms in total. The van der Waals surface area contributed by atoms with E-state index >= 15 is 0 Å². The van der Waals surface area contributed by atoms with Gasteiger partial charge < -0.3 is 15.1 Å². The quantitative estimate of drug-likeness (QED) is 0.743. The predicted molar refractivity (Wildman–Crippen MR) is 118 cm³/mol. The van der Waals surface area contributed by atoms with Gasteiger partial charge in [-0.05, 0) is 43.6 Å². The van der Waals surface area contributed by atoms with Crippen molar-refractivity contribution in [1.82, 2.24) is 9.88 Å². The molecule has 1 aromatic carbocycles. The molecule has 3 atom stereocenters. The van der Waals surface area contributed by atoms with E-state index in [1.807, 2.05) is 42.5 Å². The molecule has 0 radical (unpaired) electrons. The lowest BCUT2D eigenvalue weighted by Crippen LogP contribution is -2.58. The van der Waals surface area contributed by atoms with Gasteiger partial charge in [0.1, 0.15) is 23.7 Å². The Bertz CT molecular complexity index is 987. The number of aromatic nitrogens is 1. The van der Waals surface area contributed by atoms with Crippen LogP contribution in [0.4, 0.5) is 10.2 Å². The van der Waals surface area contributed by atoms with Gasteiger partial charge in [0, 0.05) is 31.0 Å². The third kappa shape index (κ3) is 4.18. The summed E-state index contributed by atoms with van der Waals surface area (Å²) < 4.78 is 13.8. The first-order chi connectivity index (χ1) is 15.0. The maximum absolute atomic E-state index is 13.8. The second kappa shape index (κ2) is 8.23. The van der Waals surface area contributed by atoms with Crippen molar-refractivity contribution in [1.29, 1.82) is 0 Å². The Morgan fingerprint density at radius 2 is 1.87 bits per heavy atom. The van der Waals surface area contributed by atoms with Crippen molar-refractivity contribution >= 4 is 5.82 Å². The average molecular weight is 422 g/mol. The van der Waals surface area contributed by atoms with Crippen molar-refractivity contribution in [3.63, 3.8) is 0 Å². The van der Waals surface area contributed by atoms with Crippen LogP contribution < -0.4 is 4.90 Å². The van der Waals surface area contributed by atoms with Crippen molar-refractivity contribution in [3.05, 3.63) is 59.3 Å².